The van der Waals surface area contributed by atoms with Crippen LogP contribution in [0.5, 0.6) is 10.9 Å². The van der Waals surface area contributed by atoms with Crippen molar-refractivity contribution < 1.29 is 23.8 Å². The van der Waals surface area contributed by atoms with Crippen LogP contribution >= 0.6 is 22.9 Å². The van der Waals surface area contributed by atoms with Crippen LogP contribution in [0.25, 0.3) is 11.1 Å². The van der Waals surface area contributed by atoms with Crippen molar-refractivity contribution in [1.82, 2.24) is 15.2 Å². The maximum absolute atomic E-state index is 13.6. The van der Waals surface area contributed by atoms with E-state index < -0.39 is 12.3 Å². The second-order valence-corrected chi connectivity index (χ2v) is 8.85. The Morgan fingerprint density at radius 2 is 1.97 bits per heavy atom. The van der Waals surface area contributed by atoms with E-state index in [1.165, 1.54) is 19.2 Å². The van der Waals surface area contributed by atoms with Gasteiger partial charge < -0.3 is 14.6 Å². The number of alkyl halides is 1. The molecule has 2 aromatic heterocycles. The zero-order valence-corrected chi connectivity index (χ0v) is 21.0. The molecule has 2 aromatic carbocycles. The number of halogens is 2. The Morgan fingerprint density at radius 1 is 1.19 bits per heavy atom. The van der Waals surface area contributed by atoms with Crippen molar-refractivity contribution in [3.8, 4) is 33.9 Å². The highest BCUT2D eigenvalue weighted by atomic mass is 35.5. The number of rotatable bonds is 8. The van der Waals surface area contributed by atoms with Gasteiger partial charge in [0.15, 0.2) is 0 Å². The second-order valence-electron chi connectivity index (χ2n) is 7.47. The summed E-state index contributed by atoms with van der Waals surface area (Å²) in [5.74, 6) is 4.91. The number of benzene rings is 2. The summed E-state index contributed by atoms with van der Waals surface area (Å²) in [6, 6.07) is 15.4. The summed E-state index contributed by atoms with van der Waals surface area (Å²) in [4.78, 5) is 17.6. The smallest absolute Gasteiger partial charge is 0.296 e. The van der Waals surface area contributed by atoms with Crippen LogP contribution in [-0.4, -0.2) is 39.2 Å². The van der Waals surface area contributed by atoms with Crippen LogP contribution in [0.1, 0.15) is 28.5 Å². The number of carbonyl (C=O) groups is 1. The Labute approximate surface area is 221 Å². The quantitative estimate of drug-likeness (QED) is 0.300. The molecule has 0 bridgehead atoms. The number of anilines is 1. The molecule has 188 valence electrons. The van der Waals surface area contributed by atoms with Crippen molar-refractivity contribution in [1.29, 1.82) is 0 Å². The van der Waals surface area contributed by atoms with E-state index in [1.807, 2.05) is 12.1 Å². The Morgan fingerprint density at radius 3 is 2.73 bits per heavy atom. The van der Waals surface area contributed by atoms with Gasteiger partial charge in [-0.3, -0.25) is 10.1 Å². The van der Waals surface area contributed by atoms with Crippen LogP contribution < -0.4 is 14.8 Å². The van der Waals surface area contributed by atoms with Gasteiger partial charge in [0.1, 0.15) is 24.7 Å². The maximum Gasteiger partial charge on any atom is 0.296 e. The molecule has 0 spiro atoms. The van der Waals surface area contributed by atoms with Gasteiger partial charge in [-0.15, -0.1) is 5.10 Å². The van der Waals surface area contributed by atoms with Crippen LogP contribution in [0, 0.1) is 11.8 Å². The Kier molecular flexibility index (Phi) is 8.64. The van der Waals surface area contributed by atoms with Gasteiger partial charge >= 0.3 is 0 Å². The van der Waals surface area contributed by atoms with E-state index in [4.69, 9.17) is 26.2 Å². The number of aliphatic hydroxyl groups excluding tert-OH is 1. The second kappa shape index (κ2) is 12.3. The number of para-hydroxylation sites is 1. The van der Waals surface area contributed by atoms with Crippen molar-refractivity contribution in [2.45, 2.75) is 19.9 Å². The van der Waals surface area contributed by atoms with Crippen molar-refractivity contribution in [3.05, 3.63) is 82.6 Å². The molecule has 0 radical (unpaired) electrons. The third kappa shape index (κ3) is 7.01. The number of nitrogens with zero attached hydrogens (tertiary/aromatic N) is 3. The number of ether oxygens (including phenoxy) is 2. The average molecular weight is 539 g/mol. The fourth-order valence-corrected chi connectivity index (χ4v) is 3.95. The van der Waals surface area contributed by atoms with Crippen molar-refractivity contribution >= 4 is 34.0 Å². The number of hydrogen-bond donors (Lipinski definition) is 2. The number of amides is 1. The Bertz CT molecular complexity index is 1450. The zero-order chi connectivity index (χ0) is 26.2. The van der Waals surface area contributed by atoms with Crippen LogP contribution in [0.4, 0.5) is 9.52 Å². The molecule has 2 N–H and O–H groups in total. The highest BCUT2D eigenvalue weighted by Gasteiger charge is 2.20. The number of pyridine rings is 1. The van der Waals surface area contributed by atoms with E-state index in [-0.39, 0.29) is 40.5 Å². The Hall–Kier alpha value is -4.04. The first-order chi connectivity index (χ1) is 17.9. The lowest BCUT2D eigenvalue weighted by Gasteiger charge is -2.15. The zero-order valence-electron chi connectivity index (χ0n) is 19.4. The molecular weight excluding hydrogens is 519 g/mol. The highest BCUT2D eigenvalue weighted by Crippen LogP contribution is 2.34. The lowest BCUT2D eigenvalue weighted by atomic mass is 9.99. The lowest BCUT2D eigenvalue weighted by molar-refractivity contribution is 0.0867. The summed E-state index contributed by atoms with van der Waals surface area (Å²) in [6.45, 7) is 1.16. The number of aliphatic hydroxyl groups is 1. The van der Waals surface area contributed by atoms with Gasteiger partial charge in [-0.25, -0.2) is 9.37 Å². The minimum atomic E-state index is -1.56. The molecule has 4 aromatic rings. The largest absolute Gasteiger partial charge is 0.464 e. The van der Waals surface area contributed by atoms with Gasteiger partial charge in [0.2, 0.25) is 11.5 Å². The normalized spacial score (nSPS) is 11.2. The van der Waals surface area contributed by atoms with E-state index in [1.54, 1.807) is 36.4 Å². The van der Waals surface area contributed by atoms with Gasteiger partial charge in [0, 0.05) is 29.3 Å². The standard InChI is InChI=1S/C26H20ClFN4O4S/c1-16(28)36-23-7-3-2-6-20(23)22-14-29-19(5-4-12-33)13-21(22)24(34)30-25-31-32-26(37-25)35-15-17-8-10-18(27)11-9-17/h2-3,6-11,13-14,16,33H,12,15H2,1H3,(H,30,31,34). The fraction of sp³-hybridized carbons (Fsp3) is 0.154. The molecule has 1 unspecified atom stereocenters. The predicted molar refractivity (Wildman–Crippen MR) is 138 cm³/mol. The molecule has 0 aliphatic rings. The number of aromatic nitrogens is 3. The van der Waals surface area contributed by atoms with Gasteiger partial charge in [0.25, 0.3) is 11.1 Å². The molecule has 0 fully saturated rings. The van der Waals surface area contributed by atoms with Gasteiger partial charge in [-0.1, -0.05) is 53.0 Å². The molecule has 4 rings (SSSR count). The van der Waals surface area contributed by atoms with E-state index in [0.717, 1.165) is 16.9 Å². The fourth-order valence-electron chi connectivity index (χ4n) is 3.23. The molecule has 0 saturated carbocycles. The molecule has 1 atom stereocenters. The SMILES string of the molecule is CC(F)Oc1ccccc1-c1cnc(C#CCO)cc1C(=O)Nc1nnc(OCc2ccc(Cl)cc2)s1. The summed E-state index contributed by atoms with van der Waals surface area (Å²) >= 11 is 6.96. The molecule has 11 heteroatoms. The molecule has 1 amide bonds. The molecule has 2 heterocycles. The summed E-state index contributed by atoms with van der Waals surface area (Å²) < 4.78 is 24.6. The summed E-state index contributed by atoms with van der Waals surface area (Å²) in [7, 11) is 0. The highest BCUT2D eigenvalue weighted by molar-refractivity contribution is 7.17. The third-order valence-electron chi connectivity index (χ3n) is 4.81. The minimum absolute atomic E-state index is 0.193. The van der Waals surface area contributed by atoms with Crippen molar-refractivity contribution in [2.24, 2.45) is 0 Å². The Balaban J connectivity index is 1.58. The molecular formula is C26H20ClFN4O4S. The van der Waals surface area contributed by atoms with Crippen LogP contribution in [0.15, 0.2) is 60.8 Å². The summed E-state index contributed by atoms with van der Waals surface area (Å²) in [5.41, 5.74) is 2.22. The molecule has 0 aliphatic carbocycles. The van der Waals surface area contributed by atoms with Crippen molar-refractivity contribution in [3.63, 3.8) is 0 Å². The molecule has 37 heavy (non-hydrogen) atoms. The van der Waals surface area contributed by atoms with Gasteiger partial charge in [0.05, 0.1) is 5.56 Å². The number of nitrogens with one attached hydrogen (secondary N) is 1. The summed E-state index contributed by atoms with van der Waals surface area (Å²) in [6.07, 6.45) is -0.115. The number of hydrogen-bond acceptors (Lipinski definition) is 8. The van der Waals surface area contributed by atoms with E-state index in [9.17, 15) is 9.18 Å². The van der Waals surface area contributed by atoms with E-state index in [2.05, 4.69) is 32.3 Å². The third-order valence-corrected chi connectivity index (χ3v) is 5.82. The first kappa shape index (κ1) is 26.0. The first-order valence-electron chi connectivity index (χ1n) is 10.9. The van der Waals surface area contributed by atoms with Crippen LogP contribution in [0.3, 0.4) is 0 Å². The predicted octanol–water partition coefficient (Wildman–Crippen LogP) is 5.12. The molecule has 0 saturated heterocycles. The van der Waals surface area contributed by atoms with E-state index in [0.29, 0.717) is 16.1 Å². The molecule has 0 aliphatic heterocycles. The van der Waals surface area contributed by atoms with Gasteiger partial charge in [-0.2, -0.15) is 0 Å². The van der Waals surface area contributed by atoms with Crippen LogP contribution in [-0.2, 0) is 6.61 Å². The topological polar surface area (TPSA) is 106 Å². The first-order valence-corrected chi connectivity index (χ1v) is 12.1. The monoisotopic (exact) mass is 538 g/mol. The van der Waals surface area contributed by atoms with Crippen molar-refractivity contribution in [2.75, 3.05) is 11.9 Å². The number of carbonyl (C=O) groups excluding carboxylic acids is 1. The lowest BCUT2D eigenvalue weighted by Crippen LogP contribution is -2.14. The average Bonchev–Trinajstić information content (AvgIpc) is 3.34. The summed E-state index contributed by atoms with van der Waals surface area (Å²) in [5, 5.41) is 20.8. The molecule has 8 nitrogen and oxygen atoms in total. The minimum Gasteiger partial charge on any atom is -0.464 e. The maximum atomic E-state index is 13.6. The van der Waals surface area contributed by atoms with Gasteiger partial charge in [-0.05, 0) is 47.1 Å². The van der Waals surface area contributed by atoms with Crippen LogP contribution in [0.2, 0.25) is 5.02 Å². The van der Waals surface area contributed by atoms with E-state index >= 15 is 0 Å².